The molecule has 0 spiro atoms. The fourth-order valence-corrected chi connectivity index (χ4v) is 2.28. The first-order chi connectivity index (χ1) is 8.72. The van der Waals surface area contributed by atoms with E-state index in [0.717, 1.165) is 12.1 Å². The van der Waals surface area contributed by atoms with Crippen molar-refractivity contribution in [3.05, 3.63) is 47.8 Å². The Labute approximate surface area is 108 Å². The van der Waals surface area contributed by atoms with E-state index in [0.29, 0.717) is 5.92 Å². The van der Waals surface area contributed by atoms with Gasteiger partial charge in [-0.25, -0.2) is 4.68 Å². The molecule has 0 bridgehead atoms. The zero-order valence-corrected chi connectivity index (χ0v) is 10.7. The zero-order valence-electron chi connectivity index (χ0n) is 10.7. The predicted molar refractivity (Wildman–Crippen MR) is 72.9 cm³/mol. The van der Waals surface area contributed by atoms with Crippen molar-refractivity contribution < 1.29 is 0 Å². The van der Waals surface area contributed by atoms with Gasteiger partial charge in [0.1, 0.15) is 0 Å². The highest BCUT2D eigenvalue weighted by Crippen LogP contribution is 2.39. The Hall–Kier alpha value is -1.61. The summed E-state index contributed by atoms with van der Waals surface area (Å²) >= 11 is 0. The van der Waals surface area contributed by atoms with E-state index >= 15 is 0 Å². The quantitative estimate of drug-likeness (QED) is 0.894. The molecule has 2 aromatic rings. The summed E-state index contributed by atoms with van der Waals surface area (Å²) in [6.45, 7) is 2.03. The molecule has 1 atom stereocenters. The van der Waals surface area contributed by atoms with Crippen LogP contribution in [0.25, 0.3) is 5.69 Å². The van der Waals surface area contributed by atoms with Crippen molar-refractivity contribution >= 4 is 0 Å². The molecule has 3 rings (SSSR count). The van der Waals surface area contributed by atoms with Gasteiger partial charge in [-0.1, -0.05) is 12.1 Å². The molecule has 3 heteroatoms. The molecule has 0 aliphatic heterocycles. The van der Waals surface area contributed by atoms with Crippen molar-refractivity contribution in [2.45, 2.75) is 38.1 Å². The highest BCUT2D eigenvalue weighted by molar-refractivity contribution is 5.36. The molecule has 2 N–H and O–H groups in total. The van der Waals surface area contributed by atoms with E-state index in [-0.39, 0.29) is 6.04 Å². The second kappa shape index (κ2) is 4.58. The number of rotatable bonds is 4. The molecule has 1 aromatic heterocycles. The maximum atomic E-state index is 5.84. The summed E-state index contributed by atoms with van der Waals surface area (Å²) in [5.41, 5.74) is 9.47. The van der Waals surface area contributed by atoms with Crippen LogP contribution in [0.5, 0.6) is 0 Å². The molecule has 1 saturated carbocycles. The molecule has 0 amide bonds. The minimum atomic E-state index is 0.194. The summed E-state index contributed by atoms with van der Waals surface area (Å²) < 4.78 is 1.97. The van der Waals surface area contributed by atoms with Crippen LogP contribution >= 0.6 is 0 Å². The highest BCUT2D eigenvalue weighted by atomic mass is 15.3. The Morgan fingerprint density at radius 1 is 1.39 bits per heavy atom. The van der Waals surface area contributed by atoms with E-state index < -0.39 is 0 Å². The fraction of sp³-hybridized carbons (Fsp3) is 0.400. The topological polar surface area (TPSA) is 43.8 Å². The molecular weight excluding hydrogens is 222 g/mol. The van der Waals surface area contributed by atoms with Crippen LogP contribution in [0.4, 0.5) is 0 Å². The van der Waals surface area contributed by atoms with Gasteiger partial charge in [-0.05, 0) is 49.9 Å². The molecular formula is C15H19N3. The van der Waals surface area contributed by atoms with Gasteiger partial charge in [0.15, 0.2) is 0 Å². The van der Waals surface area contributed by atoms with Gasteiger partial charge in [-0.15, -0.1) is 0 Å². The van der Waals surface area contributed by atoms with E-state index in [2.05, 4.69) is 41.6 Å². The van der Waals surface area contributed by atoms with Gasteiger partial charge in [0.25, 0.3) is 0 Å². The lowest BCUT2D eigenvalue weighted by Crippen LogP contribution is -2.17. The smallest absolute Gasteiger partial charge is 0.0659 e. The van der Waals surface area contributed by atoms with Crippen molar-refractivity contribution in [1.29, 1.82) is 0 Å². The van der Waals surface area contributed by atoms with E-state index in [1.54, 1.807) is 0 Å². The average Bonchev–Trinajstić information content (AvgIpc) is 3.07. The number of benzene rings is 1. The lowest BCUT2D eigenvalue weighted by Gasteiger charge is -2.07. The molecule has 94 valence electrons. The number of nitrogens with zero attached hydrogens (tertiary/aromatic N) is 2. The monoisotopic (exact) mass is 241 g/mol. The van der Waals surface area contributed by atoms with Crippen molar-refractivity contribution in [3.8, 4) is 5.69 Å². The third kappa shape index (κ3) is 2.46. The SMILES string of the molecule is CC(N)Cc1cccc(-n2ccc(C3CC3)n2)c1. The molecule has 1 heterocycles. The summed E-state index contributed by atoms with van der Waals surface area (Å²) in [4.78, 5) is 0. The van der Waals surface area contributed by atoms with Gasteiger partial charge >= 0.3 is 0 Å². The largest absolute Gasteiger partial charge is 0.328 e. The van der Waals surface area contributed by atoms with Crippen LogP contribution in [0.1, 0.15) is 36.9 Å². The first-order valence-corrected chi connectivity index (χ1v) is 6.63. The normalized spacial score (nSPS) is 16.8. The summed E-state index contributed by atoms with van der Waals surface area (Å²) in [7, 11) is 0. The van der Waals surface area contributed by atoms with Gasteiger partial charge in [-0.3, -0.25) is 0 Å². The minimum absolute atomic E-state index is 0.194. The summed E-state index contributed by atoms with van der Waals surface area (Å²) in [5.74, 6) is 0.707. The third-order valence-corrected chi connectivity index (χ3v) is 3.34. The zero-order chi connectivity index (χ0) is 12.5. The lowest BCUT2D eigenvalue weighted by atomic mass is 10.1. The van der Waals surface area contributed by atoms with Crippen LogP contribution in [0.3, 0.4) is 0 Å². The predicted octanol–water partition coefficient (Wildman–Crippen LogP) is 2.64. The van der Waals surface area contributed by atoms with Crippen molar-refractivity contribution in [2.24, 2.45) is 5.73 Å². The van der Waals surface area contributed by atoms with Crippen molar-refractivity contribution in [3.63, 3.8) is 0 Å². The average molecular weight is 241 g/mol. The Balaban J connectivity index is 1.85. The first kappa shape index (κ1) is 11.5. The Morgan fingerprint density at radius 2 is 2.22 bits per heavy atom. The summed E-state index contributed by atoms with van der Waals surface area (Å²) in [6.07, 6.45) is 5.55. The standard InChI is InChI=1S/C15H19N3/c1-11(16)9-12-3-2-4-14(10-12)18-8-7-15(17-18)13-5-6-13/h2-4,7-8,10-11,13H,5-6,9,16H2,1H3. The number of aromatic nitrogens is 2. The number of hydrogen-bond acceptors (Lipinski definition) is 2. The maximum absolute atomic E-state index is 5.84. The maximum Gasteiger partial charge on any atom is 0.0659 e. The van der Waals surface area contributed by atoms with Crippen LogP contribution in [0.2, 0.25) is 0 Å². The van der Waals surface area contributed by atoms with Gasteiger partial charge in [0.05, 0.1) is 11.4 Å². The summed E-state index contributed by atoms with van der Waals surface area (Å²) in [5, 5.41) is 4.65. The van der Waals surface area contributed by atoms with Crippen LogP contribution in [-0.4, -0.2) is 15.8 Å². The van der Waals surface area contributed by atoms with E-state index in [9.17, 15) is 0 Å². The first-order valence-electron chi connectivity index (χ1n) is 6.63. The second-order valence-corrected chi connectivity index (χ2v) is 5.31. The molecule has 0 saturated heterocycles. The van der Waals surface area contributed by atoms with Crippen molar-refractivity contribution in [1.82, 2.24) is 9.78 Å². The lowest BCUT2D eigenvalue weighted by molar-refractivity contribution is 0.736. The second-order valence-electron chi connectivity index (χ2n) is 5.31. The van der Waals surface area contributed by atoms with Crippen LogP contribution < -0.4 is 5.73 Å². The Bertz CT molecular complexity index is 538. The van der Waals surface area contributed by atoms with Gasteiger partial charge in [0, 0.05) is 18.2 Å². The molecule has 0 radical (unpaired) electrons. The van der Waals surface area contributed by atoms with Gasteiger partial charge < -0.3 is 5.73 Å². The highest BCUT2D eigenvalue weighted by Gasteiger charge is 2.25. The van der Waals surface area contributed by atoms with E-state index in [1.165, 1.54) is 24.1 Å². The van der Waals surface area contributed by atoms with Crippen LogP contribution in [-0.2, 0) is 6.42 Å². The minimum Gasteiger partial charge on any atom is -0.328 e. The van der Waals surface area contributed by atoms with Gasteiger partial charge in [-0.2, -0.15) is 5.10 Å². The van der Waals surface area contributed by atoms with Crippen molar-refractivity contribution in [2.75, 3.05) is 0 Å². The summed E-state index contributed by atoms with van der Waals surface area (Å²) in [6, 6.07) is 10.8. The van der Waals surface area contributed by atoms with E-state index in [1.807, 2.05) is 11.6 Å². The molecule has 1 aliphatic carbocycles. The molecule has 3 nitrogen and oxygen atoms in total. The molecule has 1 fully saturated rings. The van der Waals surface area contributed by atoms with E-state index in [4.69, 9.17) is 5.73 Å². The molecule has 1 unspecified atom stereocenters. The molecule has 18 heavy (non-hydrogen) atoms. The van der Waals surface area contributed by atoms with Crippen LogP contribution in [0.15, 0.2) is 36.5 Å². The van der Waals surface area contributed by atoms with Gasteiger partial charge in [0.2, 0.25) is 0 Å². The number of nitrogens with two attached hydrogens (primary N) is 1. The Morgan fingerprint density at radius 3 is 2.94 bits per heavy atom. The van der Waals surface area contributed by atoms with Crippen LogP contribution in [0, 0.1) is 0 Å². The third-order valence-electron chi connectivity index (χ3n) is 3.34. The fourth-order valence-electron chi connectivity index (χ4n) is 2.28. The Kier molecular flexibility index (Phi) is 2.92. The molecule has 1 aliphatic rings. The molecule has 1 aromatic carbocycles. The number of hydrogen-bond donors (Lipinski definition) is 1.